The molecule has 1 saturated heterocycles. The molecule has 164 valence electrons. The van der Waals surface area contributed by atoms with Gasteiger partial charge in [-0.25, -0.2) is 9.18 Å². The number of benzene rings is 2. The van der Waals surface area contributed by atoms with Crippen molar-refractivity contribution in [3.63, 3.8) is 0 Å². The van der Waals surface area contributed by atoms with Crippen LogP contribution in [0.2, 0.25) is 0 Å². The second-order valence-corrected chi connectivity index (χ2v) is 7.97. The van der Waals surface area contributed by atoms with Gasteiger partial charge in [0.1, 0.15) is 5.82 Å². The first-order valence-corrected chi connectivity index (χ1v) is 10.7. The van der Waals surface area contributed by atoms with Gasteiger partial charge in [0.25, 0.3) is 5.89 Å². The quantitative estimate of drug-likeness (QED) is 0.637. The SMILES string of the molecule is CC1=C(c2nc(-c3ccccc3)no2)C(c2ccc(F)cc2)NC(=O)N1CC1CCCO1. The predicted octanol–water partition coefficient (Wildman–Crippen LogP) is 4.55. The Balaban J connectivity index is 1.57. The first-order chi connectivity index (χ1) is 15.6. The van der Waals surface area contributed by atoms with E-state index < -0.39 is 6.04 Å². The average Bonchev–Trinajstić information content (AvgIpc) is 3.50. The van der Waals surface area contributed by atoms with E-state index in [1.807, 2.05) is 37.3 Å². The Labute approximate surface area is 184 Å². The van der Waals surface area contributed by atoms with Crippen molar-refractivity contribution in [2.24, 2.45) is 0 Å². The van der Waals surface area contributed by atoms with Gasteiger partial charge in [-0.3, -0.25) is 4.90 Å². The molecule has 2 aliphatic heterocycles. The summed E-state index contributed by atoms with van der Waals surface area (Å²) in [5.41, 5.74) is 2.95. The van der Waals surface area contributed by atoms with Crippen molar-refractivity contribution in [1.29, 1.82) is 0 Å². The molecular formula is C24H23FN4O3. The number of urea groups is 1. The number of aromatic nitrogens is 2. The third-order valence-corrected chi connectivity index (χ3v) is 5.90. The van der Waals surface area contributed by atoms with Gasteiger partial charge in [-0.1, -0.05) is 47.6 Å². The zero-order valence-electron chi connectivity index (χ0n) is 17.6. The third kappa shape index (κ3) is 3.89. The standard InChI is InChI=1S/C24H23FN4O3/c1-15-20(23-27-22(28-32-23)17-6-3-2-4-7-17)21(16-9-11-18(25)12-10-16)26-24(30)29(15)14-19-8-5-13-31-19/h2-4,6-7,9-12,19,21H,5,8,13-14H2,1H3,(H,26,30). The van der Waals surface area contributed by atoms with Crippen molar-refractivity contribution in [2.45, 2.75) is 31.9 Å². The van der Waals surface area contributed by atoms with Crippen LogP contribution in [-0.4, -0.2) is 40.3 Å². The summed E-state index contributed by atoms with van der Waals surface area (Å²) in [6.45, 7) is 3.01. The van der Waals surface area contributed by atoms with Crippen molar-refractivity contribution >= 4 is 11.6 Å². The van der Waals surface area contributed by atoms with Crippen molar-refractivity contribution < 1.29 is 18.4 Å². The molecule has 1 aromatic heterocycles. The zero-order chi connectivity index (χ0) is 22.1. The fourth-order valence-electron chi connectivity index (χ4n) is 4.21. The van der Waals surface area contributed by atoms with Crippen LogP contribution < -0.4 is 5.32 Å². The Bertz CT molecular complexity index is 1140. The lowest BCUT2D eigenvalue weighted by molar-refractivity contribution is 0.0877. The number of carbonyl (C=O) groups is 1. The molecule has 2 aromatic carbocycles. The van der Waals surface area contributed by atoms with Crippen molar-refractivity contribution in [2.75, 3.05) is 13.2 Å². The van der Waals surface area contributed by atoms with E-state index in [9.17, 15) is 9.18 Å². The minimum atomic E-state index is -0.548. The number of nitrogens with one attached hydrogen (secondary N) is 1. The molecule has 7 nitrogen and oxygen atoms in total. The topological polar surface area (TPSA) is 80.5 Å². The summed E-state index contributed by atoms with van der Waals surface area (Å²) in [4.78, 5) is 19.3. The number of allylic oxidation sites excluding steroid dienone is 1. The molecule has 32 heavy (non-hydrogen) atoms. The van der Waals surface area contributed by atoms with Gasteiger partial charge in [0.05, 0.1) is 24.3 Å². The average molecular weight is 434 g/mol. The lowest BCUT2D eigenvalue weighted by Crippen LogP contribution is -2.48. The van der Waals surface area contributed by atoms with Crippen LogP contribution in [0.1, 0.15) is 37.3 Å². The van der Waals surface area contributed by atoms with Gasteiger partial charge < -0.3 is 14.6 Å². The van der Waals surface area contributed by atoms with Gasteiger partial charge in [0.15, 0.2) is 0 Å². The summed E-state index contributed by atoms with van der Waals surface area (Å²) in [5, 5.41) is 7.18. The van der Waals surface area contributed by atoms with Gasteiger partial charge in [-0.05, 0) is 37.5 Å². The van der Waals surface area contributed by atoms with Gasteiger partial charge in [0, 0.05) is 17.9 Å². The number of ether oxygens (including phenoxy) is 1. The molecular weight excluding hydrogens is 411 g/mol. The van der Waals surface area contributed by atoms with Gasteiger partial charge in [-0.15, -0.1) is 0 Å². The number of hydrogen-bond acceptors (Lipinski definition) is 5. The summed E-state index contributed by atoms with van der Waals surface area (Å²) < 4.78 is 24.9. The number of halogens is 1. The molecule has 0 radical (unpaired) electrons. The molecule has 2 aliphatic rings. The first-order valence-electron chi connectivity index (χ1n) is 10.7. The van der Waals surface area contributed by atoms with E-state index in [-0.39, 0.29) is 18.0 Å². The fourth-order valence-corrected chi connectivity index (χ4v) is 4.21. The van der Waals surface area contributed by atoms with Crippen LogP contribution >= 0.6 is 0 Å². The lowest BCUT2D eigenvalue weighted by Gasteiger charge is -2.36. The van der Waals surface area contributed by atoms with Gasteiger partial charge in [-0.2, -0.15) is 4.98 Å². The van der Waals surface area contributed by atoms with E-state index in [4.69, 9.17) is 9.26 Å². The third-order valence-electron chi connectivity index (χ3n) is 5.90. The minimum Gasteiger partial charge on any atom is -0.376 e. The summed E-state index contributed by atoms with van der Waals surface area (Å²) in [7, 11) is 0. The Hall–Kier alpha value is -3.52. The van der Waals surface area contributed by atoms with E-state index in [2.05, 4.69) is 15.5 Å². The second-order valence-electron chi connectivity index (χ2n) is 7.97. The Morgan fingerprint density at radius 2 is 1.94 bits per heavy atom. The molecule has 0 saturated carbocycles. The highest BCUT2D eigenvalue weighted by atomic mass is 19.1. The number of carbonyl (C=O) groups excluding carboxylic acids is 1. The first kappa shape index (κ1) is 20.4. The van der Waals surface area contributed by atoms with Crippen LogP contribution in [0.15, 0.2) is 64.8 Å². The summed E-state index contributed by atoms with van der Waals surface area (Å²) >= 11 is 0. The van der Waals surface area contributed by atoms with E-state index in [1.54, 1.807) is 17.0 Å². The van der Waals surface area contributed by atoms with Gasteiger partial charge in [0.2, 0.25) is 5.82 Å². The van der Waals surface area contributed by atoms with E-state index in [1.165, 1.54) is 12.1 Å². The molecule has 0 bridgehead atoms. The molecule has 2 atom stereocenters. The molecule has 8 heteroatoms. The predicted molar refractivity (Wildman–Crippen MR) is 116 cm³/mol. The number of amides is 2. The molecule has 1 N–H and O–H groups in total. The molecule has 5 rings (SSSR count). The Kier molecular flexibility index (Phi) is 5.45. The molecule has 0 aliphatic carbocycles. The van der Waals surface area contributed by atoms with Crippen LogP contribution in [0.25, 0.3) is 17.0 Å². The second kappa shape index (κ2) is 8.55. The number of nitrogens with zero attached hydrogens (tertiary/aromatic N) is 3. The normalized spacial score (nSPS) is 21.2. The number of hydrogen-bond donors (Lipinski definition) is 1. The lowest BCUT2D eigenvalue weighted by atomic mass is 9.94. The molecule has 0 spiro atoms. The Morgan fingerprint density at radius 3 is 2.66 bits per heavy atom. The molecule has 2 amide bonds. The number of rotatable bonds is 5. The van der Waals surface area contributed by atoms with E-state index in [0.717, 1.165) is 24.0 Å². The zero-order valence-corrected chi connectivity index (χ0v) is 17.6. The molecule has 3 heterocycles. The van der Waals surface area contributed by atoms with Crippen molar-refractivity contribution in [3.05, 3.63) is 77.6 Å². The summed E-state index contributed by atoms with van der Waals surface area (Å²) in [6, 6.07) is 14.8. The van der Waals surface area contributed by atoms with Crippen LogP contribution in [-0.2, 0) is 4.74 Å². The summed E-state index contributed by atoms with van der Waals surface area (Å²) in [5.74, 6) is 0.427. The molecule has 2 unspecified atom stereocenters. The maximum atomic E-state index is 13.5. The van der Waals surface area contributed by atoms with Crippen LogP contribution in [0.5, 0.6) is 0 Å². The molecule has 1 fully saturated rings. The van der Waals surface area contributed by atoms with Gasteiger partial charge >= 0.3 is 6.03 Å². The molecule has 3 aromatic rings. The smallest absolute Gasteiger partial charge is 0.322 e. The fraction of sp³-hybridized carbons (Fsp3) is 0.292. The van der Waals surface area contributed by atoms with Crippen LogP contribution in [0.4, 0.5) is 9.18 Å². The largest absolute Gasteiger partial charge is 0.376 e. The van der Waals surface area contributed by atoms with E-state index >= 15 is 0 Å². The monoisotopic (exact) mass is 434 g/mol. The highest BCUT2D eigenvalue weighted by Gasteiger charge is 2.37. The van der Waals surface area contributed by atoms with Crippen LogP contribution in [0, 0.1) is 5.82 Å². The van der Waals surface area contributed by atoms with Crippen molar-refractivity contribution in [3.8, 4) is 11.4 Å². The minimum absolute atomic E-state index is 0.0121. The van der Waals surface area contributed by atoms with Crippen molar-refractivity contribution in [1.82, 2.24) is 20.4 Å². The highest BCUT2D eigenvalue weighted by Crippen LogP contribution is 2.37. The Morgan fingerprint density at radius 1 is 1.16 bits per heavy atom. The maximum Gasteiger partial charge on any atom is 0.322 e. The summed E-state index contributed by atoms with van der Waals surface area (Å²) in [6.07, 6.45) is 1.88. The van der Waals surface area contributed by atoms with Crippen LogP contribution in [0.3, 0.4) is 0 Å². The highest BCUT2D eigenvalue weighted by molar-refractivity contribution is 5.86. The van der Waals surface area contributed by atoms with E-state index in [0.29, 0.717) is 36.1 Å². The maximum absolute atomic E-state index is 13.5.